The lowest BCUT2D eigenvalue weighted by atomic mass is 10.2. The lowest BCUT2D eigenvalue weighted by Gasteiger charge is -2.03. The minimum absolute atomic E-state index is 0.238. The van der Waals surface area contributed by atoms with Crippen LogP contribution in [0.15, 0.2) is 59.0 Å². The molecule has 0 atom stereocenters. The molecule has 0 aliphatic carbocycles. The third kappa shape index (κ3) is 3.57. The molecule has 122 valence electrons. The minimum Gasteiger partial charge on any atom is -0.497 e. The number of methoxy groups -OCH3 is 2. The van der Waals surface area contributed by atoms with Gasteiger partial charge in [-0.15, -0.1) is 0 Å². The van der Waals surface area contributed by atoms with Crippen LogP contribution in [0.5, 0.6) is 11.5 Å². The number of hydrogen-bond donors (Lipinski definition) is 1. The highest BCUT2D eigenvalue weighted by Crippen LogP contribution is 2.24. The zero-order valence-electron chi connectivity index (χ0n) is 13.4. The number of benzene rings is 2. The van der Waals surface area contributed by atoms with E-state index in [4.69, 9.17) is 13.9 Å². The maximum absolute atomic E-state index is 12.0. The molecule has 5 nitrogen and oxygen atoms in total. The van der Waals surface area contributed by atoms with Crippen molar-refractivity contribution < 1.29 is 18.7 Å². The Kier molecular flexibility index (Phi) is 4.52. The Labute approximate surface area is 139 Å². The Balaban J connectivity index is 1.68. The largest absolute Gasteiger partial charge is 0.497 e. The van der Waals surface area contributed by atoms with Gasteiger partial charge in [-0.2, -0.15) is 0 Å². The normalized spacial score (nSPS) is 10.9. The summed E-state index contributed by atoms with van der Waals surface area (Å²) in [6, 6.07) is 14.5. The summed E-state index contributed by atoms with van der Waals surface area (Å²) in [4.78, 5) is 12.0. The van der Waals surface area contributed by atoms with Gasteiger partial charge in [0.2, 0.25) is 5.91 Å². The van der Waals surface area contributed by atoms with E-state index in [-0.39, 0.29) is 5.91 Å². The van der Waals surface area contributed by atoms with Crippen molar-refractivity contribution in [2.45, 2.75) is 0 Å². The van der Waals surface area contributed by atoms with Crippen LogP contribution in [-0.2, 0) is 4.79 Å². The van der Waals surface area contributed by atoms with Crippen molar-refractivity contribution >= 4 is 28.6 Å². The quantitative estimate of drug-likeness (QED) is 0.718. The molecular formula is C19H17NO4. The fraction of sp³-hybridized carbons (Fsp3) is 0.105. The molecule has 0 spiro atoms. The lowest BCUT2D eigenvalue weighted by molar-refractivity contribution is -0.111. The Morgan fingerprint density at radius 2 is 1.71 bits per heavy atom. The molecule has 2 aromatic carbocycles. The monoisotopic (exact) mass is 323 g/mol. The molecule has 0 bridgehead atoms. The van der Waals surface area contributed by atoms with Crippen molar-refractivity contribution in [3.05, 3.63) is 60.4 Å². The van der Waals surface area contributed by atoms with E-state index in [0.717, 1.165) is 22.5 Å². The predicted octanol–water partition coefficient (Wildman–Crippen LogP) is 4.10. The van der Waals surface area contributed by atoms with Gasteiger partial charge in [-0.3, -0.25) is 4.79 Å². The molecule has 5 heteroatoms. The zero-order valence-corrected chi connectivity index (χ0v) is 13.4. The molecule has 3 aromatic rings. The lowest BCUT2D eigenvalue weighted by Crippen LogP contribution is -2.07. The van der Waals surface area contributed by atoms with Gasteiger partial charge in [0.15, 0.2) is 0 Å². The third-order valence-corrected chi connectivity index (χ3v) is 3.50. The number of hydrogen-bond acceptors (Lipinski definition) is 4. The highest BCUT2D eigenvalue weighted by molar-refractivity contribution is 6.02. The van der Waals surface area contributed by atoms with Crippen molar-refractivity contribution in [2.24, 2.45) is 0 Å². The van der Waals surface area contributed by atoms with Crippen LogP contribution in [0.4, 0.5) is 5.69 Å². The van der Waals surface area contributed by atoms with Crippen molar-refractivity contribution in [3.8, 4) is 11.5 Å². The molecule has 0 aliphatic heterocycles. The van der Waals surface area contributed by atoms with Gasteiger partial charge in [0, 0.05) is 17.1 Å². The first-order valence-corrected chi connectivity index (χ1v) is 7.38. The van der Waals surface area contributed by atoms with Crippen LogP contribution < -0.4 is 14.8 Å². The first-order chi connectivity index (χ1) is 11.7. The third-order valence-electron chi connectivity index (χ3n) is 3.50. The number of carbonyl (C=O) groups excluding carboxylic acids is 1. The van der Waals surface area contributed by atoms with Gasteiger partial charge < -0.3 is 19.2 Å². The smallest absolute Gasteiger partial charge is 0.248 e. The highest BCUT2D eigenvalue weighted by atomic mass is 16.5. The number of fused-ring (bicyclic) bond motifs is 1. The van der Waals surface area contributed by atoms with Crippen molar-refractivity contribution in [2.75, 3.05) is 19.5 Å². The standard InChI is InChI=1S/C19H17NO4/c1-22-15-5-3-14(4-6-15)20-19(21)10-8-17-12-13-11-16(23-2)7-9-18(13)24-17/h3-12H,1-2H3,(H,20,21)/b10-8+. The van der Waals surface area contributed by atoms with E-state index >= 15 is 0 Å². The van der Waals surface area contributed by atoms with E-state index in [2.05, 4.69) is 5.32 Å². The fourth-order valence-corrected chi connectivity index (χ4v) is 2.27. The summed E-state index contributed by atoms with van der Waals surface area (Å²) >= 11 is 0. The molecule has 0 saturated heterocycles. The summed E-state index contributed by atoms with van der Waals surface area (Å²) in [5, 5.41) is 3.69. The molecule has 0 aliphatic rings. The summed E-state index contributed by atoms with van der Waals surface area (Å²) in [5.74, 6) is 1.86. The molecule has 1 aromatic heterocycles. The molecule has 0 radical (unpaired) electrons. The van der Waals surface area contributed by atoms with Crippen LogP contribution in [0, 0.1) is 0 Å². The second-order valence-electron chi connectivity index (χ2n) is 5.10. The van der Waals surface area contributed by atoms with Gasteiger partial charge in [0.05, 0.1) is 14.2 Å². The molecule has 0 unspecified atom stereocenters. The summed E-state index contributed by atoms with van der Waals surface area (Å²) in [5.41, 5.74) is 1.44. The molecule has 1 heterocycles. The van der Waals surface area contributed by atoms with Crippen LogP contribution in [0.3, 0.4) is 0 Å². The van der Waals surface area contributed by atoms with E-state index in [9.17, 15) is 4.79 Å². The summed E-state index contributed by atoms with van der Waals surface area (Å²) < 4.78 is 15.9. The minimum atomic E-state index is -0.238. The topological polar surface area (TPSA) is 60.7 Å². The van der Waals surface area contributed by atoms with Crippen molar-refractivity contribution in [1.82, 2.24) is 0 Å². The van der Waals surface area contributed by atoms with Crippen LogP contribution in [-0.4, -0.2) is 20.1 Å². The number of nitrogens with one attached hydrogen (secondary N) is 1. The maximum Gasteiger partial charge on any atom is 0.248 e. The SMILES string of the molecule is COc1ccc(NC(=O)/C=C/c2cc3cc(OC)ccc3o2)cc1. The summed E-state index contributed by atoms with van der Waals surface area (Å²) in [7, 11) is 3.21. The molecule has 1 amide bonds. The van der Waals surface area contributed by atoms with Crippen LogP contribution in [0.25, 0.3) is 17.0 Å². The van der Waals surface area contributed by atoms with Crippen LogP contribution in [0.1, 0.15) is 5.76 Å². The van der Waals surface area contributed by atoms with E-state index in [1.807, 2.05) is 24.3 Å². The second kappa shape index (κ2) is 6.91. The highest BCUT2D eigenvalue weighted by Gasteiger charge is 2.04. The summed E-state index contributed by atoms with van der Waals surface area (Å²) in [6.45, 7) is 0. The number of rotatable bonds is 5. The van der Waals surface area contributed by atoms with Gasteiger partial charge in [0.25, 0.3) is 0 Å². The average molecular weight is 323 g/mol. The first kappa shape index (κ1) is 15.7. The Morgan fingerprint density at radius 1 is 1.00 bits per heavy atom. The molecule has 0 fully saturated rings. The average Bonchev–Trinajstić information content (AvgIpc) is 3.02. The van der Waals surface area contributed by atoms with Gasteiger partial charge in [-0.25, -0.2) is 0 Å². The van der Waals surface area contributed by atoms with Gasteiger partial charge in [0.1, 0.15) is 22.8 Å². The molecule has 0 saturated carbocycles. The van der Waals surface area contributed by atoms with Gasteiger partial charge in [-0.1, -0.05) is 0 Å². The molecule has 3 rings (SSSR count). The number of amides is 1. The number of carbonyl (C=O) groups is 1. The van der Waals surface area contributed by atoms with Crippen molar-refractivity contribution in [1.29, 1.82) is 0 Å². The number of ether oxygens (including phenoxy) is 2. The molecular weight excluding hydrogens is 306 g/mol. The van der Waals surface area contributed by atoms with E-state index in [0.29, 0.717) is 11.4 Å². The van der Waals surface area contributed by atoms with Crippen LogP contribution in [0.2, 0.25) is 0 Å². The number of anilines is 1. The first-order valence-electron chi connectivity index (χ1n) is 7.38. The molecule has 1 N–H and O–H groups in total. The Bertz CT molecular complexity index is 878. The maximum atomic E-state index is 12.0. The van der Waals surface area contributed by atoms with E-state index in [1.54, 1.807) is 44.6 Å². The van der Waals surface area contributed by atoms with Crippen LogP contribution >= 0.6 is 0 Å². The second-order valence-corrected chi connectivity index (χ2v) is 5.10. The van der Waals surface area contributed by atoms with Crippen molar-refractivity contribution in [3.63, 3.8) is 0 Å². The van der Waals surface area contributed by atoms with E-state index < -0.39 is 0 Å². The Morgan fingerprint density at radius 3 is 2.42 bits per heavy atom. The van der Waals surface area contributed by atoms with E-state index in [1.165, 1.54) is 6.08 Å². The fourth-order valence-electron chi connectivity index (χ4n) is 2.27. The zero-order chi connectivity index (χ0) is 16.9. The van der Waals surface area contributed by atoms with Gasteiger partial charge >= 0.3 is 0 Å². The predicted molar refractivity (Wildman–Crippen MR) is 93.4 cm³/mol. The number of furan rings is 1. The van der Waals surface area contributed by atoms with Gasteiger partial charge in [-0.05, 0) is 54.6 Å². The summed E-state index contributed by atoms with van der Waals surface area (Å²) in [6.07, 6.45) is 3.06. The Hall–Kier alpha value is -3.21. The molecule has 24 heavy (non-hydrogen) atoms.